The minimum atomic E-state index is -0.115. The van der Waals surface area contributed by atoms with Gasteiger partial charge in [-0.3, -0.25) is 9.59 Å². The minimum absolute atomic E-state index is 0.0118. The maximum atomic E-state index is 13.4. The molecule has 2 aliphatic rings. The molecule has 0 unspecified atom stereocenters. The van der Waals surface area contributed by atoms with Crippen molar-refractivity contribution < 1.29 is 9.59 Å². The molecular weight excluding hydrogens is 1120 g/mol. The smallest absolute Gasteiger partial charge is 0.194 e. The Hall–Kier alpha value is -8.22. The highest BCUT2D eigenvalue weighted by Gasteiger charge is 2.37. The second-order valence-corrected chi connectivity index (χ2v) is 33.7. The highest BCUT2D eigenvalue weighted by Crippen LogP contribution is 2.46. The van der Waals surface area contributed by atoms with Crippen molar-refractivity contribution in [1.82, 2.24) is 19.9 Å². The van der Waals surface area contributed by atoms with E-state index in [1.807, 2.05) is 97.1 Å². The summed E-state index contributed by atoms with van der Waals surface area (Å²) in [5, 5.41) is 0. The molecule has 0 atom stereocenters. The third kappa shape index (κ3) is 13.6. The SMILES string of the molecule is C=C1c2ccccc2C(=O)c2c1ccc(C(C)(C)C)c2C(C)(C)C.C=C1c2ccccc2C(=O)c2cc(C(C)(C)C)c(C(C)(C)C)cc21.CC(C)(C)c1cc2nc3ccccc3nc2cc1C(C)(C)C.CC(C)(C)c1ccc2nc3ccccc3nc2c1C(C)(C)C. The van der Waals surface area contributed by atoms with Crippen molar-refractivity contribution in [2.75, 3.05) is 0 Å². The number of rotatable bonds is 0. The predicted octanol–water partition coefficient (Wildman–Crippen LogP) is 22.5. The lowest BCUT2D eigenvalue weighted by Crippen LogP contribution is -2.28. The Balaban J connectivity index is 0.000000145. The van der Waals surface area contributed by atoms with Crippen molar-refractivity contribution >= 4 is 66.8 Å². The Morgan fingerprint density at radius 3 is 0.967 bits per heavy atom. The number of para-hydroxylation sites is 4. The predicted molar refractivity (Wildman–Crippen MR) is 393 cm³/mol. The molecule has 6 heteroatoms. The van der Waals surface area contributed by atoms with Crippen LogP contribution in [0.25, 0.3) is 55.3 Å². The first-order chi connectivity index (χ1) is 42.4. The van der Waals surface area contributed by atoms with E-state index in [0.29, 0.717) is 0 Å². The Morgan fingerprint density at radius 1 is 0.250 bits per heavy atom. The molecule has 0 spiro atoms. The van der Waals surface area contributed by atoms with Gasteiger partial charge in [-0.15, -0.1) is 0 Å². The van der Waals surface area contributed by atoms with Crippen LogP contribution in [0.3, 0.4) is 0 Å². The molecule has 0 N–H and O–H groups in total. The average Bonchev–Trinajstić information content (AvgIpc) is 0.749. The third-order valence-corrected chi connectivity index (χ3v) is 17.8. The van der Waals surface area contributed by atoms with Crippen LogP contribution in [0, 0.1) is 0 Å². The summed E-state index contributed by atoms with van der Waals surface area (Å²) >= 11 is 0. The monoisotopic (exact) mass is 1220 g/mol. The number of carbonyl (C=O) groups is 2. The van der Waals surface area contributed by atoms with Crippen molar-refractivity contribution in [2.24, 2.45) is 0 Å². The fraction of sp³-hybridized carbons (Fsp3) is 0.372. The molecule has 10 aromatic rings. The Kier molecular flexibility index (Phi) is 17.8. The molecule has 476 valence electrons. The first kappa shape index (κ1) is 68.2. The quantitative estimate of drug-likeness (QED) is 0.141. The highest BCUT2D eigenvalue weighted by molar-refractivity contribution is 6.20. The molecule has 2 heterocycles. The summed E-state index contributed by atoms with van der Waals surface area (Å²) in [6.45, 7) is 62.2. The second kappa shape index (κ2) is 24.0. The normalized spacial score (nSPS) is 13.7. The van der Waals surface area contributed by atoms with Crippen molar-refractivity contribution in [3.8, 4) is 0 Å². The number of benzene rings is 8. The molecule has 0 fully saturated rings. The number of aromatic nitrogens is 4. The summed E-state index contributed by atoms with van der Waals surface area (Å²) in [5.74, 6) is 0.239. The molecule has 2 aromatic heterocycles. The van der Waals surface area contributed by atoms with E-state index in [4.69, 9.17) is 19.9 Å². The number of fused-ring (bicyclic) bond motifs is 8. The minimum Gasteiger partial charge on any atom is -0.289 e. The summed E-state index contributed by atoms with van der Waals surface area (Å²) < 4.78 is 0. The van der Waals surface area contributed by atoms with Gasteiger partial charge < -0.3 is 0 Å². The summed E-state index contributed by atoms with van der Waals surface area (Å²) in [4.78, 5) is 45.8. The Labute approximate surface area is 550 Å². The van der Waals surface area contributed by atoms with Crippen LogP contribution >= 0.6 is 0 Å². The maximum absolute atomic E-state index is 13.4. The van der Waals surface area contributed by atoms with E-state index in [1.54, 1.807) is 0 Å². The molecule has 92 heavy (non-hydrogen) atoms. The van der Waals surface area contributed by atoms with Crippen LogP contribution in [0.1, 0.15) is 265 Å². The van der Waals surface area contributed by atoms with E-state index >= 15 is 0 Å². The van der Waals surface area contributed by atoms with Gasteiger partial charge >= 0.3 is 0 Å². The van der Waals surface area contributed by atoms with Crippen molar-refractivity contribution in [2.45, 2.75) is 209 Å². The fourth-order valence-corrected chi connectivity index (χ4v) is 13.2. The van der Waals surface area contributed by atoms with Crippen molar-refractivity contribution in [1.29, 1.82) is 0 Å². The number of nitrogens with zero attached hydrogens (tertiary/aromatic N) is 4. The van der Waals surface area contributed by atoms with Crippen LogP contribution in [-0.2, 0) is 43.3 Å². The van der Waals surface area contributed by atoms with E-state index in [1.165, 1.54) is 38.9 Å². The van der Waals surface area contributed by atoms with E-state index in [2.05, 4.69) is 228 Å². The van der Waals surface area contributed by atoms with Gasteiger partial charge in [-0.1, -0.05) is 270 Å². The van der Waals surface area contributed by atoms with E-state index in [-0.39, 0.29) is 54.9 Å². The molecule has 6 nitrogen and oxygen atoms in total. The average molecular weight is 1220 g/mol. The summed E-state index contributed by atoms with van der Waals surface area (Å²) in [6.07, 6.45) is 0. The van der Waals surface area contributed by atoms with Crippen LogP contribution in [0.4, 0.5) is 0 Å². The second-order valence-electron chi connectivity index (χ2n) is 33.7. The van der Waals surface area contributed by atoms with Gasteiger partial charge in [0.1, 0.15) is 0 Å². The summed E-state index contributed by atoms with van der Waals surface area (Å²) in [6, 6.07) is 49.1. The zero-order valence-corrected chi connectivity index (χ0v) is 59.9. The van der Waals surface area contributed by atoms with Gasteiger partial charge in [-0.2, -0.15) is 0 Å². The zero-order valence-electron chi connectivity index (χ0n) is 59.9. The van der Waals surface area contributed by atoms with Crippen molar-refractivity contribution in [3.63, 3.8) is 0 Å². The summed E-state index contributed by atoms with van der Waals surface area (Å²) in [7, 11) is 0. The number of hydrogen-bond donors (Lipinski definition) is 0. The molecule has 0 saturated carbocycles. The van der Waals surface area contributed by atoms with Gasteiger partial charge in [0, 0.05) is 22.3 Å². The number of carbonyl (C=O) groups excluding carboxylic acids is 2. The molecule has 2 aliphatic carbocycles. The molecule has 0 aliphatic heterocycles. The van der Waals surface area contributed by atoms with Gasteiger partial charge in [0.2, 0.25) is 0 Å². The maximum Gasteiger partial charge on any atom is 0.194 e. The number of hydrogen-bond acceptors (Lipinski definition) is 6. The fourth-order valence-electron chi connectivity index (χ4n) is 13.2. The third-order valence-electron chi connectivity index (χ3n) is 17.8. The lowest BCUT2D eigenvalue weighted by Gasteiger charge is -2.35. The molecule has 0 bridgehead atoms. The highest BCUT2D eigenvalue weighted by atomic mass is 16.1. The standard InChI is InChI=1S/2C23H26O.2C20H24N2/c1-14-15-10-8-9-11-16(15)21(24)18-13-20(23(5,6)7)19(12-17(14)18)22(2,3)4;1-14-15-10-8-9-11-17(15)21(24)19-16(14)12-13-18(22(2,3)4)20(19)23(5,6)7;1-19(2,3)13-11-17-18(12-14(13)20(4,5)6)22-16-10-8-7-9-15(16)21-17;1-19(2,3)13-11-12-16-18(17(13)20(4,5)6)22-15-10-8-7-9-14(15)21-16/h2*8-13H,1H2,2-7H3;2*7-12H,1-6H3. The van der Waals surface area contributed by atoms with Gasteiger partial charge in [0.25, 0.3) is 0 Å². The Bertz CT molecular complexity index is 4360. The van der Waals surface area contributed by atoms with Gasteiger partial charge in [-0.05, 0) is 176 Å². The molecule has 8 aromatic carbocycles. The van der Waals surface area contributed by atoms with E-state index in [9.17, 15) is 9.59 Å². The lowest BCUT2D eigenvalue weighted by molar-refractivity contribution is 0.102. The van der Waals surface area contributed by atoms with E-state index in [0.717, 1.165) is 105 Å². The van der Waals surface area contributed by atoms with E-state index < -0.39 is 0 Å². The largest absolute Gasteiger partial charge is 0.289 e. The van der Waals surface area contributed by atoms with Crippen molar-refractivity contribution in [3.05, 3.63) is 248 Å². The Morgan fingerprint density at radius 2 is 0.565 bits per heavy atom. The molecular formula is C86H100N4O2. The zero-order chi connectivity index (χ0) is 68.0. The van der Waals surface area contributed by atoms with Crippen LogP contribution in [0.2, 0.25) is 0 Å². The molecule has 0 radical (unpaired) electrons. The first-order valence-corrected chi connectivity index (χ1v) is 32.8. The van der Waals surface area contributed by atoms with Gasteiger partial charge in [-0.25, -0.2) is 19.9 Å². The van der Waals surface area contributed by atoms with Crippen LogP contribution in [0.15, 0.2) is 159 Å². The summed E-state index contributed by atoms with van der Waals surface area (Å²) in [5.41, 5.74) is 27.3. The topological polar surface area (TPSA) is 85.7 Å². The van der Waals surface area contributed by atoms with Gasteiger partial charge in [0.15, 0.2) is 11.6 Å². The molecule has 0 amide bonds. The van der Waals surface area contributed by atoms with Crippen LogP contribution in [-0.4, -0.2) is 31.5 Å². The first-order valence-electron chi connectivity index (χ1n) is 32.8. The van der Waals surface area contributed by atoms with Gasteiger partial charge in [0.05, 0.1) is 44.1 Å². The molecule has 0 saturated heterocycles. The van der Waals surface area contributed by atoms with Crippen LogP contribution in [0.5, 0.6) is 0 Å². The lowest BCUT2D eigenvalue weighted by atomic mass is 9.68. The number of ketones is 2. The van der Waals surface area contributed by atoms with Crippen LogP contribution < -0.4 is 0 Å². The molecule has 12 rings (SSSR count).